The Kier molecular flexibility index (Phi) is 4.89. The van der Waals surface area contributed by atoms with Crippen LogP contribution in [0.4, 0.5) is 0 Å². The molecule has 1 saturated heterocycles. The molecule has 2 fully saturated rings. The number of amides is 1. The Hall–Kier alpha value is -2.38. The van der Waals surface area contributed by atoms with Crippen LogP contribution in [0.3, 0.4) is 0 Å². The molecule has 1 aliphatic heterocycles. The molecule has 152 valence electrons. The molecular formula is C20H29N5O3. The highest BCUT2D eigenvalue weighted by Crippen LogP contribution is 2.42. The monoisotopic (exact) mass is 387 g/mol. The topological polar surface area (TPSA) is 82.1 Å². The molecule has 3 heterocycles. The molecule has 0 atom stereocenters. The van der Waals surface area contributed by atoms with Crippen molar-refractivity contribution in [1.29, 1.82) is 0 Å². The van der Waals surface area contributed by atoms with Crippen molar-refractivity contribution < 1.29 is 4.79 Å². The molecule has 0 radical (unpaired) electrons. The molecule has 8 heteroatoms. The third-order valence-corrected chi connectivity index (χ3v) is 6.70. The number of carbonyl (C=O) groups excluding carboxylic acids is 1. The molecule has 1 saturated carbocycles. The SMILES string of the molecule is Cn1c(=O)c2c(ncn2CC(=O)N2CCCC3(CCCCCC3)C2)n(C)c1=O. The average Bonchev–Trinajstić information content (AvgIpc) is 2.98. The van der Waals surface area contributed by atoms with Crippen LogP contribution < -0.4 is 11.2 Å². The molecule has 1 aliphatic carbocycles. The van der Waals surface area contributed by atoms with Crippen LogP contribution in [0.5, 0.6) is 0 Å². The number of aromatic nitrogens is 4. The molecule has 0 aromatic carbocycles. The fourth-order valence-corrected chi connectivity index (χ4v) is 5.07. The van der Waals surface area contributed by atoms with E-state index >= 15 is 0 Å². The number of aryl methyl sites for hydroxylation is 1. The predicted molar refractivity (Wildman–Crippen MR) is 106 cm³/mol. The molecule has 1 amide bonds. The lowest BCUT2D eigenvalue weighted by molar-refractivity contribution is -0.135. The molecule has 1 spiro atoms. The first kappa shape index (κ1) is 19.0. The van der Waals surface area contributed by atoms with Gasteiger partial charge in [0.2, 0.25) is 5.91 Å². The normalized spacial score (nSPS) is 19.9. The second-order valence-electron chi connectivity index (χ2n) is 8.58. The molecule has 0 N–H and O–H groups in total. The van der Waals surface area contributed by atoms with Crippen LogP contribution in [0.2, 0.25) is 0 Å². The van der Waals surface area contributed by atoms with Crippen molar-refractivity contribution in [3.8, 4) is 0 Å². The highest BCUT2D eigenvalue weighted by Gasteiger charge is 2.37. The molecule has 2 aromatic heterocycles. The summed E-state index contributed by atoms with van der Waals surface area (Å²) in [5.41, 5.74) is 0.0724. The third kappa shape index (κ3) is 3.18. The lowest BCUT2D eigenvalue weighted by Gasteiger charge is -2.43. The second-order valence-corrected chi connectivity index (χ2v) is 8.58. The maximum Gasteiger partial charge on any atom is 0.332 e. The highest BCUT2D eigenvalue weighted by molar-refractivity contribution is 5.79. The van der Waals surface area contributed by atoms with Gasteiger partial charge in [-0.25, -0.2) is 9.78 Å². The molecular weight excluding hydrogens is 358 g/mol. The zero-order chi connectivity index (χ0) is 19.9. The summed E-state index contributed by atoms with van der Waals surface area (Å²) in [6, 6.07) is 0. The van der Waals surface area contributed by atoms with Gasteiger partial charge < -0.3 is 9.47 Å². The van der Waals surface area contributed by atoms with E-state index in [0.29, 0.717) is 11.2 Å². The van der Waals surface area contributed by atoms with E-state index in [0.717, 1.165) is 24.1 Å². The Bertz CT molecular complexity index is 1010. The number of nitrogens with zero attached hydrogens (tertiary/aromatic N) is 5. The van der Waals surface area contributed by atoms with Crippen LogP contribution in [-0.4, -0.2) is 42.6 Å². The standard InChI is InChI=1S/C20H29N5O3/c1-22-17-16(18(27)23(2)19(22)28)25(14-21-17)12-15(26)24-11-7-10-20(13-24)8-5-3-4-6-9-20/h14H,3-13H2,1-2H3. The summed E-state index contributed by atoms with van der Waals surface area (Å²) in [7, 11) is 3.04. The number of fused-ring (bicyclic) bond motifs is 1. The number of imidazole rings is 1. The summed E-state index contributed by atoms with van der Waals surface area (Å²) in [6.07, 6.45) is 11.3. The van der Waals surface area contributed by atoms with Crippen LogP contribution in [0, 0.1) is 5.41 Å². The predicted octanol–water partition coefficient (Wildman–Crippen LogP) is 1.40. The van der Waals surface area contributed by atoms with Gasteiger partial charge in [-0.2, -0.15) is 0 Å². The maximum atomic E-state index is 13.1. The smallest absolute Gasteiger partial charge is 0.332 e. The van der Waals surface area contributed by atoms with Gasteiger partial charge in [-0.3, -0.25) is 18.7 Å². The van der Waals surface area contributed by atoms with E-state index in [1.807, 2.05) is 4.90 Å². The third-order valence-electron chi connectivity index (χ3n) is 6.70. The van der Waals surface area contributed by atoms with Gasteiger partial charge in [-0.1, -0.05) is 25.7 Å². The summed E-state index contributed by atoms with van der Waals surface area (Å²) >= 11 is 0. The molecule has 2 aromatic rings. The van der Waals surface area contributed by atoms with Crippen LogP contribution in [0.15, 0.2) is 15.9 Å². The Labute approximate surface area is 163 Å². The van der Waals surface area contributed by atoms with Gasteiger partial charge in [0.25, 0.3) is 5.56 Å². The lowest BCUT2D eigenvalue weighted by atomic mass is 9.74. The Morgan fingerprint density at radius 3 is 2.43 bits per heavy atom. The minimum atomic E-state index is -0.416. The number of hydrogen-bond donors (Lipinski definition) is 0. The first-order valence-electron chi connectivity index (χ1n) is 10.3. The van der Waals surface area contributed by atoms with Crippen LogP contribution >= 0.6 is 0 Å². The van der Waals surface area contributed by atoms with E-state index in [4.69, 9.17) is 0 Å². The van der Waals surface area contributed by atoms with Gasteiger partial charge in [0.15, 0.2) is 11.2 Å². The molecule has 4 rings (SSSR count). The first-order valence-corrected chi connectivity index (χ1v) is 10.3. The van der Waals surface area contributed by atoms with Gasteiger partial charge in [-0.05, 0) is 31.1 Å². The van der Waals surface area contributed by atoms with Crippen molar-refractivity contribution in [2.45, 2.75) is 57.9 Å². The molecule has 8 nitrogen and oxygen atoms in total. The van der Waals surface area contributed by atoms with Gasteiger partial charge in [0.1, 0.15) is 6.54 Å². The lowest BCUT2D eigenvalue weighted by Crippen LogP contribution is -2.47. The van der Waals surface area contributed by atoms with Gasteiger partial charge >= 0.3 is 5.69 Å². The van der Waals surface area contributed by atoms with Gasteiger partial charge in [0, 0.05) is 27.2 Å². The summed E-state index contributed by atoms with van der Waals surface area (Å²) in [6.45, 7) is 1.69. The van der Waals surface area contributed by atoms with Crippen molar-refractivity contribution in [3.63, 3.8) is 0 Å². The molecule has 0 bridgehead atoms. The average molecular weight is 387 g/mol. The number of carbonyl (C=O) groups is 1. The minimum Gasteiger partial charge on any atom is -0.341 e. The number of piperidine rings is 1. The zero-order valence-corrected chi connectivity index (χ0v) is 16.8. The van der Waals surface area contributed by atoms with E-state index in [-0.39, 0.29) is 17.9 Å². The van der Waals surface area contributed by atoms with Crippen molar-refractivity contribution in [1.82, 2.24) is 23.6 Å². The fourth-order valence-electron chi connectivity index (χ4n) is 5.07. The van der Waals surface area contributed by atoms with Gasteiger partial charge in [-0.15, -0.1) is 0 Å². The van der Waals surface area contributed by atoms with E-state index in [1.54, 1.807) is 11.6 Å². The van der Waals surface area contributed by atoms with Crippen LogP contribution in [-0.2, 0) is 25.4 Å². The van der Waals surface area contributed by atoms with Crippen molar-refractivity contribution >= 4 is 17.1 Å². The summed E-state index contributed by atoms with van der Waals surface area (Å²) < 4.78 is 4.00. The van der Waals surface area contributed by atoms with Crippen LogP contribution in [0.1, 0.15) is 51.4 Å². The van der Waals surface area contributed by atoms with Crippen LogP contribution in [0.25, 0.3) is 11.2 Å². The summed E-state index contributed by atoms with van der Waals surface area (Å²) in [5, 5.41) is 0. The first-order chi connectivity index (χ1) is 13.4. The Morgan fingerprint density at radius 2 is 1.71 bits per heavy atom. The Balaban J connectivity index is 1.59. The van der Waals surface area contributed by atoms with Crippen molar-refractivity contribution in [2.24, 2.45) is 19.5 Å². The summed E-state index contributed by atoms with van der Waals surface area (Å²) in [5.74, 6) is 0.0264. The van der Waals surface area contributed by atoms with E-state index in [1.165, 1.54) is 62.9 Å². The zero-order valence-electron chi connectivity index (χ0n) is 16.8. The van der Waals surface area contributed by atoms with Crippen molar-refractivity contribution in [2.75, 3.05) is 13.1 Å². The minimum absolute atomic E-state index is 0.0264. The van der Waals surface area contributed by atoms with Gasteiger partial charge in [0.05, 0.1) is 6.33 Å². The van der Waals surface area contributed by atoms with E-state index in [9.17, 15) is 14.4 Å². The number of likely N-dealkylation sites (tertiary alicyclic amines) is 1. The molecule has 2 aliphatic rings. The quantitative estimate of drug-likeness (QED) is 0.780. The Morgan fingerprint density at radius 1 is 1.04 bits per heavy atom. The molecule has 28 heavy (non-hydrogen) atoms. The number of hydrogen-bond acceptors (Lipinski definition) is 4. The summed E-state index contributed by atoms with van der Waals surface area (Å²) in [4.78, 5) is 43.9. The molecule has 0 unspecified atom stereocenters. The second kappa shape index (κ2) is 7.22. The van der Waals surface area contributed by atoms with Crippen molar-refractivity contribution in [3.05, 3.63) is 27.2 Å². The largest absolute Gasteiger partial charge is 0.341 e. The van der Waals surface area contributed by atoms with E-state index < -0.39 is 11.2 Å². The van der Waals surface area contributed by atoms with E-state index in [2.05, 4.69) is 4.98 Å². The fraction of sp³-hybridized carbons (Fsp3) is 0.700. The maximum absolute atomic E-state index is 13.1. The highest BCUT2D eigenvalue weighted by atomic mass is 16.2. The number of rotatable bonds is 2.